The van der Waals surface area contributed by atoms with Gasteiger partial charge in [-0.2, -0.15) is 11.8 Å². The number of nitrogens with zero attached hydrogens (tertiary/aromatic N) is 1. The molecule has 1 fully saturated rings. The van der Waals surface area contributed by atoms with Gasteiger partial charge in [0.1, 0.15) is 0 Å². The predicted molar refractivity (Wildman–Crippen MR) is 56.5 cm³/mol. The number of thioether (sulfide) groups is 1. The van der Waals surface area contributed by atoms with Crippen LogP contribution in [-0.2, 0) is 0 Å². The molecule has 2 atom stereocenters. The second-order valence-corrected chi connectivity index (χ2v) is 5.03. The minimum atomic E-state index is 0.718. The van der Waals surface area contributed by atoms with Gasteiger partial charge in [0, 0.05) is 6.54 Å². The summed E-state index contributed by atoms with van der Waals surface area (Å²) in [6.45, 7) is 2.01. The van der Waals surface area contributed by atoms with Crippen LogP contribution in [0.5, 0.6) is 0 Å². The van der Waals surface area contributed by atoms with Gasteiger partial charge in [0.25, 0.3) is 0 Å². The molecule has 0 bridgehead atoms. The standard InChI is InChI=1S/C9H20N2S/c1-11(2)6-9(5-10)8-3-4-12-7-8/h8-9H,3-7,10H2,1-2H3. The summed E-state index contributed by atoms with van der Waals surface area (Å²) in [4.78, 5) is 2.25. The third-order valence-electron chi connectivity index (χ3n) is 2.53. The van der Waals surface area contributed by atoms with E-state index in [9.17, 15) is 0 Å². The minimum Gasteiger partial charge on any atom is -0.330 e. The van der Waals surface area contributed by atoms with Gasteiger partial charge in [-0.15, -0.1) is 0 Å². The highest BCUT2D eigenvalue weighted by Crippen LogP contribution is 2.29. The Morgan fingerprint density at radius 3 is 2.75 bits per heavy atom. The summed E-state index contributed by atoms with van der Waals surface area (Å²) in [6, 6.07) is 0. The molecule has 0 aromatic heterocycles. The van der Waals surface area contributed by atoms with Gasteiger partial charge in [-0.1, -0.05) is 0 Å². The Kier molecular flexibility index (Phi) is 4.40. The lowest BCUT2D eigenvalue weighted by molar-refractivity contribution is 0.267. The molecule has 0 saturated carbocycles. The number of hydrogen-bond acceptors (Lipinski definition) is 3. The second-order valence-electron chi connectivity index (χ2n) is 3.88. The minimum absolute atomic E-state index is 0.718. The molecule has 72 valence electrons. The van der Waals surface area contributed by atoms with Crippen molar-refractivity contribution < 1.29 is 0 Å². The molecular formula is C9H20N2S. The van der Waals surface area contributed by atoms with E-state index in [1.165, 1.54) is 17.9 Å². The molecule has 1 aliphatic heterocycles. The van der Waals surface area contributed by atoms with Gasteiger partial charge in [-0.25, -0.2) is 0 Å². The van der Waals surface area contributed by atoms with Crippen LogP contribution in [0.15, 0.2) is 0 Å². The summed E-state index contributed by atoms with van der Waals surface area (Å²) in [5.74, 6) is 4.27. The maximum absolute atomic E-state index is 5.76. The summed E-state index contributed by atoms with van der Waals surface area (Å²) >= 11 is 2.08. The van der Waals surface area contributed by atoms with E-state index < -0.39 is 0 Å². The molecule has 1 rings (SSSR count). The Morgan fingerprint density at radius 1 is 1.58 bits per heavy atom. The summed E-state index contributed by atoms with van der Waals surface area (Å²) in [7, 11) is 4.26. The van der Waals surface area contributed by atoms with Gasteiger partial charge in [0.2, 0.25) is 0 Å². The van der Waals surface area contributed by atoms with Crippen LogP contribution in [0.3, 0.4) is 0 Å². The van der Waals surface area contributed by atoms with Crippen LogP contribution in [0, 0.1) is 11.8 Å². The molecule has 2 nitrogen and oxygen atoms in total. The highest BCUT2D eigenvalue weighted by atomic mass is 32.2. The normalized spacial score (nSPS) is 26.5. The molecule has 2 N–H and O–H groups in total. The van der Waals surface area contributed by atoms with E-state index in [2.05, 4.69) is 30.8 Å². The molecule has 3 heteroatoms. The SMILES string of the molecule is CN(C)CC(CN)C1CCSC1. The predicted octanol–water partition coefficient (Wildman–Crippen LogP) is 0.876. The molecule has 12 heavy (non-hydrogen) atoms. The summed E-state index contributed by atoms with van der Waals surface area (Å²) in [6.07, 6.45) is 1.38. The Hall–Kier alpha value is 0.270. The molecule has 1 heterocycles. The fraction of sp³-hybridized carbons (Fsp3) is 1.00. The first-order chi connectivity index (χ1) is 5.74. The van der Waals surface area contributed by atoms with Crippen molar-refractivity contribution in [1.82, 2.24) is 4.90 Å². The Labute approximate surface area is 79.9 Å². The number of rotatable bonds is 4. The lowest BCUT2D eigenvalue weighted by Crippen LogP contribution is -2.33. The van der Waals surface area contributed by atoms with Gasteiger partial charge >= 0.3 is 0 Å². The van der Waals surface area contributed by atoms with Crippen LogP contribution in [0.25, 0.3) is 0 Å². The third kappa shape index (κ3) is 2.96. The van der Waals surface area contributed by atoms with Crippen molar-refractivity contribution in [2.45, 2.75) is 6.42 Å². The zero-order valence-electron chi connectivity index (χ0n) is 8.12. The topological polar surface area (TPSA) is 29.3 Å². The van der Waals surface area contributed by atoms with Crippen LogP contribution >= 0.6 is 11.8 Å². The molecule has 1 saturated heterocycles. The highest BCUT2D eigenvalue weighted by Gasteiger charge is 2.24. The quantitative estimate of drug-likeness (QED) is 0.710. The van der Waals surface area contributed by atoms with E-state index in [-0.39, 0.29) is 0 Å². The first kappa shape index (κ1) is 10.4. The zero-order chi connectivity index (χ0) is 8.97. The van der Waals surface area contributed by atoms with E-state index in [4.69, 9.17) is 5.73 Å². The molecule has 0 amide bonds. The fourth-order valence-corrected chi connectivity index (χ4v) is 3.19. The summed E-state index contributed by atoms with van der Waals surface area (Å²) in [5.41, 5.74) is 5.76. The van der Waals surface area contributed by atoms with Crippen molar-refractivity contribution >= 4 is 11.8 Å². The van der Waals surface area contributed by atoms with Gasteiger partial charge in [-0.3, -0.25) is 0 Å². The van der Waals surface area contributed by atoms with E-state index in [0.29, 0.717) is 0 Å². The second kappa shape index (κ2) is 5.10. The first-order valence-corrected chi connectivity index (χ1v) is 5.82. The van der Waals surface area contributed by atoms with E-state index in [1.807, 2.05) is 0 Å². The van der Waals surface area contributed by atoms with Gasteiger partial charge in [-0.05, 0) is 50.4 Å². The van der Waals surface area contributed by atoms with Gasteiger partial charge in [0.15, 0.2) is 0 Å². The van der Waals surface area contributed by atoms with E-state index in [0.717, 1.165) is 24.9 Å². The van der Waals surface area contributed by atoms with Gasteiger partial charge in [0.05, 0.1) is 0 Å². The molecule has 0 aromatic carbocycles. The smallest absolute Gasteiger partial charge is 0.00186 e. The fourth-order valence-electron chi connectivity index (χ4n) is 1.81. The van der Waals surface area contributed by atoms with Crippen molar-refractivity contribution in [2.75, 3.05) is 38.7 Å². The molecule has 0 aromatic rings. The first-order valence-electron chi connectivity index (χ1n) is 4.66. The molecule has 2 unspecified atom stereocenters. The van der Waals surface area contributed by atoms with Crippen molar-refractivity contribution in [3.8, 4) is 0 Å². The van der Waals surface area contributed by atoms with Crippen LogP contribution in [0.4, 0.5) is 0 Å². The van der Waals surface area contributed by atoms with Crippen molar-refractivity contribution in [3.63, 3.8) is 0 Å². The maximum Gasteiger partial charge on any atom is 0.00186 e. The Bertz CT molecular complexity index is 122. The monoisotopic (exact) mass is 188 g/mol. The van der Waals surface area contributed by atoms with Crippen LogP contribution in [0.1, 0.15) is 6.42 Å². The molecule has 0 aliphatic carbocycles. The van der Waals surface area contributed by atoms with Crippen molar-refractivity contribution in [3.05, 3.63) is 0 Å². The lowest BCUT2D eigenvalue weighted by atomic mass is 9.91. The van der Waals surface area contributed by atoms with E-state index >= 15 is 0 Å². The molecular weight excluding hydrogens is 168 g/mol. The molecule has 1 aliphatic rings. The molecule has 0 spiro atoms. The van der Waals surface area contributed by atoms with Gasteiger partial charge < -0.3 is 10.6 Å². The largest absolute Gasteiger partial charge is 0.330 e. The van der Waals surface area contributed by atoms with Crippen molar-refractivity contribution in [2.24, 2.45) is 17.6 Å². The zero-order valence-corrected chi connectivity index (χ0v) is 8.94. The third-order valence-corrected chi connectivity index (χ3v) is 3.72. The summed E-state index contributed by atoms with van der Waals surface area (Å²) in [5, 5.41) is 0. The molecule has 0 radical (unpaired) electrons. The summed E-state index contributed by atoms with van der Waals surface area (Å²) < 4.78 is 0. The van der Waals surface area contributed by atoms with Crippen LogP contribution < -0.4 is 5.73 Å². The average Bonchev–Trinajstić information content (AvgIpc) is 2.51. The number of hydrogen-bond donors (Lipinski definition) is 1. The van der Waals surface area contributed by atoms with Crippen molar-refractivity contribution in [1.29, 1.82) is 0 Å². The maximum atomic E-state index is 5.76. The lowest BCUT2D eigenvalue weighted by Gasteiger charge is -2.24. The van der Waals surface area contributed by atoms with Crippen LogP contribution in [-0.4, -0.2) is 43.6 Å². The number of nitrogens with two attached hydrogens (primary N) is 1. The van der Waals surface area contributed by atoms with E-state index in [1.54, 1.807) is 0 Å². The van der Waals surface area contributed by atoms with Crippen LogP contribution in [0.2, 0.25) is 0 Å². The Balaban J connectivity index is 2.32. The Morgan fingerprint density at radius 2 is 2.33 bits per heavy atom. The highest BCUT2D eigenvalue weighted by molar-refractivity contribution is 7.99. The average molecular weight is 188 g/mol.